The van der Waals surface area contributed by atoms with Crippen LogP contribution in [0.4, 0.5) is 10.1 Å². The lowest BCUT2D eigenvalue weighted by atomic mass is 10.1. The topological polar surface area (TPSA) is 83.7 Å². The maximum atomic E-state index is 13.7. The molecule has 3 aromatic rings. The molecule has 2 amide bonds. The number of carbonyl (C=O) groups is 2. The zero-order valence-electron chi connectivity index (χ0n) is 13.5. The number of hydrazone groups is 1. The van der Waals surface area contributed by atoms with E-state index in [2.05, 4.69) is 15.8 Å². The molecule has 0 aliphatic rings. The van der Waals surface area contributed by atoms with E-state index in [1.807, 2.05) is 0 Å². The highest BCUT2D eigenvalue weighted by atomic mass is 19.1. The molecule has 3 rings (SSSR count). The second kappa shape index (κ2) is 7.89. The van der Waals surface area contributed by atoms with E-state index in [-0.39, 0.29) is 16.8 Å². The predicted octanol–water partition coefficient (Wildman–Crippen LogP) is 3.43. The van der Waals surface area contributed by atoms with Gasteiger partial charge in [-0.05, 0) is 36.4 Å². The van der Waals surface area contributed by atoms with Crippen molar-refractivity contribution in [1.82, 2.24) is 5.43 Å². The Morgan fingerprint density at radius 2 is 1.65 bits per heavy atom. The summed E-state index contributed by atoms with van der Waals surface area (Å²) in [5.74, 6) is -1.35. The Labute approximate surface area is 148 Å². The minimum Gasteiger partial charge on any atom is -0.463 e. The molecule has 0 fully saturated rings. The first kappa shape index (κ1) is 17.1. The molecular formula is C19H14FN3O3. The third-order valence-corrected chi connectivity index (χ3v) is 3.44. The average molecular weight is 351 g/mol. The SMILES string of the molecule is O=C(Nc1ccccc1C(=O)N/N=C\c1ccco1)c1ccccc1F. The van der Waals surface area contributed by atoms with E-state index in [1.54, 1.807) is 36.4 Å². The molecule has 0 unspecified atom stereocenters. The monoisotopic (exact) mass is 351 g/mol. The Morgan fingerprint density at radius 1 is 0.923 bits per heavy atom. The van der Waals surface area contributed by atoms with Gasteiger partial charge in [-0.3, -0.25) is 9.59 Å². The number of rotatable bonds is 5. The van der Waals surface area contributed by atoms with Crippen molar-refractivity contribution in [2.45, 2.75) is 0 Å². The molecule has 0 saturated heterocycles. The molecule has 0 aliphatic heterocycles. The van der Waals surface area contributed by atoms with Crippen LogP contribution in [0.15, 0.2) is 76.4 Å². The van der Waals surface area contributed by atoms with Crippen LogP contribution in [0.5, 0.6) is 0 Å². The smallest absolute Gasteiger partial charge is 0.273 e. The highest BCUT2D eigenvalue weighted by Crippen LogP contribution is 2.17. The third-order valence-electron chi connectivity index (χ3n) is 3.44. The first-order valence-corrected chi connectivity index (χ1v) is 7.67. The Kier molecular flexibility index (Phi) is 5.19. The summed E-state index contributed by atoms with van der Waals surface area (Å²) in [7, 11) is 0. The first-order chi connectivity index (χ1) is 12.6. The molecule has 0 aliphatic carbocycles. The maximum absolute atomic E-state index is 13.7. The van der Waals surface area contributed by atoms with Gasteiger partial charge in [-0.1, -0.05) is 24.3 Å². The van der Waals surface area contributed by atoms with Crippen molar-refractivity contribution in [3.8, 4) is 0 Å². The van der Waals surface area contributed by atoms with E-state index in [4.69, 9.17) is 4.42 Å². The fourth-order valence-corrected chi connectivity index (χ4v) is 2.20. The van der Waals surface area contributed by atoms with Crippen LogP contribution in [0.2, 0.25) is 0 Å². The summed E-state index contributed by atoms with van der Waals surface area (Å²) in [6.07, 6.45) is 2.83. The number of nitrogens with zero attached hydrogens (tertiary/aromatic N) is 1. The minimum atomic E-state index is -0.651. The lowest BCUT2D eigenvalue weighted by molar-refractivity contribution is 0.0956. The summed E-state index contributed by atoms with van der Waals surface area (Å²) in [4.78, 5) is 24.6. The fraction of sp³-hybridized carbons (Fsp3) is 0. The van der Waals surface area contributed by atoms with Gasteiger partial charge in [0.25, 0.3) is 11.8 Å². The van der Waals surface area contributed by atoms with E-state index in [1.165, 1.54) is 36.7 Å². The molecule has 2 aromatic carbocycles. The van der Waals surface area contributed by atoms with Crippen molar-refractivity contribution in [1.29, 1.82) is 0 Å². The zero-order valence-corrected chi connectivity index (χ0v) is 13.5. The maximum Gasteiger partial charge on any atom is 0.273 e. The van der Waals surface area contributed by atoms with Gasteiger partial charge in [0.2, 0.25) is 0 Å². The zero-order chi connectivity index (χ0) is 18.4. The van der Waals surface area contributed by atoms with Gasteiger partial charge in [0.1, 0.15) is 11.6 Å². The van der Waals surface area contributed by atoms with Crippen LogP contribution >= 0.6 is 0 Å². The van der Waals surface area contributed by atoms with Crippen LogP contribution in [-0.4, -0.2) is 18.0 Å². The van der Waals surface area contributed by atoms with Crippen molar-refractivity contribution in [3.05, 3.63) is 89.6 Å². The van der Waals surface area contributed by atoms with E-state index in [9.17, 15) is 14.0 Å². The van der Waals surface area contributed by atoms with Gasteiger partial charge in [-0.25, -0.2) is 9.82 Å². The number of furan rings is 1. The Balaban J connectivity index is 1.74. The number of hydrogen-bond donors (Lipinski definition) is 2. The van der Waals surface area contributed by atoms with Gasteiger partial charge in [0.15, 0.2) is 0 Å². The average Bonchev–Trinajstić information content (AvgIpc) is 3.16. The molecule has 6 nitrogen and oxygen atoms in total. The Morgan fingerprint density at radius 3 is 2.38 bits per heavy atom. The lowest BCUT2D eigenvalue weighted by Crippen LogP contribution is -2.21. The van der Waals surface area contributed by atoms with Crippen LogP contribution in [-0.2, 0) is 0 Å². The summed E-state index contributed by atoms with van der Waals surface area (Å²) in [6.45, 7) is 0. The second-order valence-corrected chi connectivity index (χ2v) is 5.19. The van der Waals surface area contributed by atoms with Crippen molar-refractivity contribution < 1.29 is 18.4 Å². The van der Waals surface area contributed by atoms with Gasteiger partial charge in [0, 0.05) is 0 Å². The van der Waals surface area contributed by atoms with Gasteiger partial charge in [-0.15, -0.1) is 0 Å². The van der Waals surface area contributed by atoms with Crippen molar-refractivity contribution in [2.24, 2.45) is 5.10 Å². The summed E-state index contributed by atoms with van der Waals surface area (Å²) >= 11 is 0. The molecular weight excluding hydrogens is 337 g/mol. The number of amides is 2. The molecule has 26 heavy (non-hydrogen) atoms. The van der Waals surface area contributed by atoms with Crippen LogP contribution in [0.1, 0.15) is 26.5 Å². The normalized spacial score (nSPS) is 10.7. The lowest BCUT2D eigenvalue weighted by Gasteiger charge is -2.10. The van der Waals surface area contributed by atoms with Crippen molar-refractivity contribution in [2.75, 3.05) is 5.32 Å². The predicted molar refractivity (Wildman–Crippen MR) is 94.6 cm³/mol. The minimum absolute atomic E-state index is 0.112. The van der Waals surface area contributed by atoms with E-state index < -0.39 is 17.6 Å². The van der Waals surface area contributed by atoms with Crippen LogP contribution in [0.3, 0.4) is 0 Å². The molecule has 2 N–H and O–H groups in total. The molecule has 0 radical (unpaired) electrons. The van der Waals surface area contributed by atoms with Gasteiger partial charge in [-0.2, -0.15) is 5.10 Å². The van der Waals surface area contributed by atoms with E-state index in [0.29, 0.717) is 5.76 Å². The standard InChI is InChI=1S/C19H14FN3O3/c20-16-9-3-1-7-14(16)18(24)22-17-10-4-2-8-15(17)19(25)23-21-12-13-6-5-11-26-13/h1-12H,(H,22,24)(H,23,25)/b21-12-. The quantitative estimate of drug-likeness (QED) is 0.546. The van der Waals surface area contributed by atoms with Gasteiger partial charge in [0.05, 0.1) is 29.3 Å². The summed E-state index contributed by atoms with van der Waals surface area (Å²) < 4.78 is 18.8. The number of halogens is 1. The number of carbonyl (C=O) groups excluding carboxylic acids is 2. The highest BCUT2D eigenvalue weighted by Gasteiger charge is 2.15. The van der Waals surface area contributed by atoms with Crippen molar-refractivity contribution >= 4 is 23.7 Å². The number of benzene rings is 2. The highest BCUT2D eigenvalue weighted by molar-refractivity contribution is 6.09. The molecule has 0 bridgehead atoms. The fourth-order valence-electron chi connectivity index (χ4n) is 2.20. The Bertz CT molecular complexity index is 952. The molecule has 130 valence electrons. The molecule has 0 spiro atoms. The second-order valence-electron chi connectivity index (χ2n) is 5.19. The molecule has 7 heteroatoms. The number of hydrogen-bond acceptors (Lipinski definition) is 4. The van der Waals surface area contributed by atoms with Crippen LogP contribution in [0.25, 0.3) is 0 Å². The molecule has 0 atom stereocenters. The number of para-hydroxylation sites is 1. The van der Waals surface area contributed by atoms with E-state index in [0.717, 1.165) is 0 Å². The molecule has 0 saturated carbocycles. The number of nitrogens with one attached hydrogen (secondary N) is 2. The summed E-state index contributed by atoms with van der Waals surface area (Å²) in [5, 5.41) is 6.33. The van der Waals surface area contributed by atoms with Crippen LogP contribution < -0.4 is 10.7 Å². The number of anilines is 1. The summed E-state index contributed by atoms with van der Waals surface area (Å²) in [6, 6.07) is 15.3. The first-order valence-electron chi connectivity index (χ1n) is 7.67. The van der Waals surface area contributed by atoms with Gasteiger partial charge < -0.3 is 9.73 Å². The van der Waals surface area contributed by atoms with Crippen LogP contribution in [0, 0.1) is 5.82 Å². The van der Waals surface area contributed by atoms with E-state index >= 15 is 0 Å². The van der Waals surface area contributed by atoms with Crippen molar-refractivity contribution in [3.63, 3.8) is 0 Å². The molecule has 1 heterocycles. The summed E-state index contributed by atoms with van der Waals surface area (Å²) in [5.41, 5.74) is 2.67. The largest absolute Gasteiger partial charge is 0.463 e. The Hall–Kier alpha value is -3.74. The third kappa shape index (κ3) is 4.02. The molecule has 1 aromatic heterocycles. The van der Waals surface area contributed by atoms with Gasteiger partial charge >= 0.3 is 0 Å².